The van der Waals surface area contributed by atoms with Crippen molar-refractivity contribution in [2.45, 2.75) is 40.5 Å². The average molecular weight is 694 g/mol. The molecule has 2 heterocycles. The lowest BCUT2D eigenvalue weighted by Crippen LogP contribution is -2.25. The number of allylic oxidation sites excluding steroid dienone is 4. The standard InChI is InChI=1S/C36H42Cl2N6O4/c1-22-19-27(20-23(2)33(22)38)48-18-8-9-26(13-17-44-16-7-6-10-30(44)34(39)36(46)47)28-11-12-29(37)32(35(28)41-15-14-40-21-45)31-24(3)42-43(5)25(31)4/h6-7,10-13,16,19-21,41H,8-9,14-15,17-18,39H2,1-5H3,(H,40,45)(H,46,47)/b26-13+,34-30-. The Bertz CT molecular complexity index is 1780. The summed E-state index contributed by atoms with van der Waals surface area (Å²) in [7, 11) is 1.90. The third-order valence-corrected chi connectivity index (χ3v) is 9.08. The predicted octanol–water partition coefficient (Wildman–Crippen LogP) is 6.67. The number of anilines is 1. The molecule has 1 aliphatic rings. The second kappa shape index (κ2) is 16.4. The van der Waals surface area contributed by atoms with Gasteiger partial charge in [0.15, 0.2) is 0 Å². The number of benzene rings is 2. The first kappa shape index (κ1) is 36.2. The summed E-state index contributed by atoms with van der Waals surface area (Å²) in [6.45, 7) is 9.52. The van der Waals surface area contributed by atoms with Crippen LogP contribution < -0.4 is 21.1 Å². The number of aryl methyl sites for hydroxylation is 4. The van der Waals surface area contributed by atoms with Crippen LogP contribution in [0.3, 0.4) is 0 Å². The van der Waals surface area contributed by atoms with Gasteiger partial charge in [-0.05, 0) is 87.6 Å². The molecular formula is C36H42Cl2N6O4. The molecule has 10 nitrogen and oxygen atoms in total. The van der Waals surface area contributed by atoms with Gasteiger partial charge in [-0.15, -0.1) is 0 Å². The molecule has 2 aromatic carbocycles. The maximum atomic E-state index is 11.7. The second-order valence-electron chi connectivity index (χ2n) is 11.5. The van der Waals surface area contributed by atoms with Crippen molar-refractivity contribution in [3.05, 3.63) is 104 Å². The van der Waals surface area contributed by atoms with Crippen molar-refractivity contribution in [2.75, 3.05) is 31.6 Å². The predicted molar refractivity (Wildman–Crippen MR) is 193 cm³/mol. The average Bonchev–Trinajstić information content (AvgIpc) is 3.31. The third kappa shape index (κ3) is 8.42. The molecule has 1 aromatic heterocycles. The minimum atomic E-state index is -1.19. The quantitative estimate of drug-likeness (QED) is 0.0788. The van der Waals surface area contributed by atoms with E-state index in [2.05, 4.69) is 21.8 Å². The van der Waals surface area contributed by atoms with E-state index in [4.69, 9.17) is 33.7 Å². The van der Waals surface area contributed by atoms with Gasteiger partial charge in [0.2, 0.25) is 6.41 Å². The lowest BCUT2D eigenvalue weighted by atomic mass is 9.92. The molecule has 0 bridgehead atoms. The van der Waals surface area contributed by atoms with E-state index >= 15 is 0 Å². The normalized spacial score (nSPS) is 13.9. The number of carboxylic acid groups (broad SMARTS) is 1. The van der Waals surface area contributed by atoms with Gasteiger partial charge in [-0.1, -0.05) is 41.4 Å². The molecule has 1 aliphatic heterocycles. The fourth-order valence-electron chi connectivity index (χ4n) is 5.71. The van der Waals surface area contributed by atoms with Crippen molar-refractivity contribution in [2.24, 2.45) is 12.8 Å². The van der Waals surface area contributed by atoms with Crippen LogP contribution >= 0.6 is 23.2 Å². The molecule has 5 N–H and O–H groups in total. The zero-order chi connectivity index (χ0) is 35.0. The van der Waals surface area contributed by atoms with Crippen molar-refractivity contribution >= 4 is 46.8 Å². The summed E-state index contributed by atoms with van der Waals surface area (Å²) >= 11 is 13.3. The first-order valence-electron chi connectivity index (χ1n) is 15.6. The van der Waals surface area contributed by atoms with E-state index in [0.717, 1.165) is 61.2 Å². The zero-order valence-electron chi connectivity index (χ0n) is 27.9. The molecule has 0 saturated carbocycles. The Kier molecular flexibility index (Phi) is 12.4. The molecule has 3 aromatic rings. The maximum absolute atomic E-state index is 11.7. The van der Waals surface area contributed by atoms with Crippen LogP contribution in [0, 0.1) is 27.7 Å². The zero-order valence-corrected chi connectivity index (χ0v) is 29.4. The molecule has 0 aliphatic carbocycles. The van der Waals surface area contributed by atoms with Crippen molar-refractivity contribution in [1.82, 2.24) is 20.0 Å². The molecule has 0 saturated heterocycles. The number of aliphatic carboxylic acids is 1. The SMILES string of the molecule is Cc1cc(OCCC/C(=C\CN2C=CC=C/C2=C(/N)C(=O)O)c2ccc(Cl)c(-c3c(C)nn(C)c3C)c2NCCNC=O)cc(C)c1Cl. The number of hydrogen-bond donors (Lipinski definition) is 4. The summed E-state index contributed by atoms with van der Waals surface area (Å²) in [4.78, 5) is 24.6. The molecule has 0 fully saturated rings. The van der Waals surface area contributed by atoms with Crippen LogP contribution in [0.4, 0.5) is 5.69 Å². The summed E-state index contributed by atoms with van der Waals surface area (Å²) in [5, 5.41) is 21.8. The summed E-state index contributed by atoms with van der Waals surface area (Å²) in [6, 6.07) is 7.73. The number of nitrogens with two attached hydrogens (primary N) is 1. The van der Waals surface area contributed by atoms with Crippen LogP contribution in [-0.4, -0.2) is 58.4 Å². The second-order valence-corrected chi connectivity index (χ2v) is 12.3. The Morgan fingerprint density at radius 2 is 1.81 bits per heavy atom. The Morgan fingerprint density at radius 3 is 2.46 bits per heavy atom. The minimum absolute atomic E-state index is 0.242. The Hall–Kier alpha value is -4.67. The molecule has 0 radical (unpaired) electrons. The molecular weight excluding hydrogens is 651 g/mol. The van der Waals surface area contributed by atoms with Crippen LogP contribution in [0.15, 0.2) is 66.2 Å². The van der Waals surface area contributed by atoms with Crippen LogP contribution in [-0.2, 0) is 16.6 Å². The highest BCUT2D eigenvalue weighted by Gasteiger charge is 2.23. The number of amides is 1. The van der Waals surface area contributed by atoms with E-state index in [1.165, 1.54) is 0 Å². The number of nitrogens with one attached hydrogen (secondary N) is 2. The van der Waals surface area contributed by atoms with Crippen LogP contribution in [0.5, 0.6) is 5.75 Å². The van der Waals surface area contributed by atoms with Crippen LogP contribution in [0.2, 0.25) is 10.0 Å². The Morgan fingerprint density at radius 1 is 1.08 bits per heavy atom. The van der Waals surface area contributed by atoms with Crippen molar-refractivity contribution < 1.29 is 19.4 Å². The molecule has 0 atom stereocenters. The van der Waals surface area contributed by atoms with Gasteiger partial charge in [0.05, 0.1) is 28.7 Å². The van der Waals surface area contributed by atoms with Gasteiger partial charge in [0.25, 0.3) is 0 Å². The number of carbonyl (C=O) groups excluding carboxylic acids is 1. The number of nitrogens with zero attached hydrogens (tertiary/aromatic N) is 3. The molecule has 254 valence electrons. The maximum Gasteiger partial charge on any atom is 0.353 e. The number of ether oxygens (including phenoxy) is 1. The summed E-state index contributed by atoms with van der Waals surface area (Å²) < 4.78 is 7.98. The minimum Gasteiger partial charge on any atom is -0.494 e. The molecule has 12 heteroatoms. The highest BCUT2D eigenvalue weighted by atomic mass is 35.5. The molecule has 4 rings (SSSR count). The summed E-state index contributed by atoms with van der Waals surface area (Å²) in [6.07, 6.45) is 11.1. The van der Waals surface area contributed by atoms with Crippen molar-refractivity contribution in [3.63, 3.8) is 0 Å². The van der Waals surface area contributed by atoms with Gasteiger partial charge in [-0.3, -0.25) is 9.48 Å². The highest BCUT2D eigenvalue weighted by Crippen LogP contribution is 2.43. The lowest BCUT2D eigenvalue weighted by molar-refractivity contribution is -0.132. The number of carbonyl (C=O) groups is 2. The number of carboxylic acids is 1. The van der Waals surface area contributed by atoms with Gasteiger partial charge >= 0.3 is 5.97 Å². The monoisotopic (exact) mass is 692 g/mol. The van der Waals surface area contributed by atoms with Gasteiger partial charge in [0.1, 0.15) is 11.4 Å². The van der Waals surface area contributed by atoms with E-state index < -0.39 is 5.97 Å². The topological polar surface area (TPSA) is 135 Å². The fraction of sp³-hybridized carbons (Fsp3) is 0.306. The number of halogens is 2. The molecule has 0 spiro atoms. The number of aromatic nitrogens is 2. The summed E-state index contributed by atoms with van der Waals surface area (Å²) in [5.74, 6) is -0.436. The molecule has 48 heavy (non-hydrogen) atoms. The van der Waals surface area contributed by atoms with E-state index in [1.54, 1.807) is 23.3 Å². The molecule has 0 unspecified atom stereocenters. The smallest absolute Gasteiger partial charge is 0.353 e. The Balaban J connectivity index is 1.77. The van der Waals surface area contributed by atoms with Gasteiger partial charge < -0.3 is 31.1 Å². The largest absolute Gasteiger partial charge is 0.494 e. The van der Waals surface area contributed by atoms with Crippen LogP contribution in [0.1, 0.15) is 40.9 Å². The molecule has 1 amide bonds. The third-order valence-electron chi connectivity index (χ3n) is 8.16. The van der Waals surface area contributed by atoms with Gasteiger partial charge in [0, 0.05) is 60.3 Å². The van der Waals surface area contributed by atoms with E-state index in [9.17, 15) is 14.7 Å². The fourth-order valence-corrected chi connectivity index (χ4v) is 6.07. The lowest BCUT2D eigenvalue weighted by Gasteiger charge is -2.25. The van der Waals surface area contributed by atoms with Crippen molar-refractivity contribution in [1.29, 1.82) is 0 Å². The number of hydrogen-bond acceptors (Lipinski definition) is 7. The first-order chi connectivity index (χ1) is 22.9. The van der Waals surface area contributed by atoms with Crippen molar-refractivity contribution in [3.8, 4) is 16.9 Å². The van der Waals surface area contributed by atoms with E-state index in [0.29, 0.717) is 56.2 Å². The summed E-state index contributed by atoms with van der Waals surface area (Å²) in [5.41, 5.74) is 14.3. The first-order valence-corrected chi connectivity index (χ1v) is 16.4. The van der Waals surface area contributed by atoms with Crippen LogP contribution in [0.25, 0.3) is 16.7 Å². The van der Waals surface area contributed by atoms with Gasteiger partial charge in [-0.25, -0.2) is 4.79 Å². The van der Waals surface area contributed by atoms with E-state index in [-0.39, 0.29) is 5.70 Å². The van der Waals surface area contributed by atoms with E-state index in [1.807, 2.05) is 69.8 Å². The van der Waals surface area contributed by atoms with Gasteiger partial charge in [-0.2, -0.15) is 5.10 Å². The highest BCUT2D eigenvalue weighted by molar-refractivity contribution is 6.34. The Labute approximate surface area is 291 Å². The number of rotatable bonds is 15.